The van der Waals surface area contributed by atoms with Crippen LogP contribution in [0.2, 0.25) is 0 Å². The molecule has 0 amide bonds. The summed E-state index contributed by atoms with van der Waals surface area (Å²) >= 11 is 0. The minimum Gasteiger partial charge on any atom is -0.508 e. The third-order valence-corrected chi connectivity index (χ3v) is 5.20. The highest BCUT2D eigenvalue weighted by molar-refractivity contribution is 5.75. The lowest BCUT2D eigenvalue weighted by atomic mass is 9.87. The van der Waals surface area contributed by atoms with E-state index >= 15 is 0 Å². The number of benzene rings is 2. The van der Waals surface area contributed by atoms with Crippen molar-refractivity contribution in [3.63, 3.8) is 0 Å². The predicted molar refractivity (Wildman–Crippen MR) is 114 cm³/mol. The molecule has 0 spiro atoms. The van der Waals surface area contributed by atoms with E-state index in [9.17, 15) is 5.11 Å². The summed E-state index contributed by atoms with van der Waals surface area (Å²) in [6.07, 6.45) is 3.15. The predicted octanol–water partition coefficient (Wildman–Crippen LogP) is 5.43. The lowest BCUT2D eigenvalue weighted by Gasteiger charge is -2.31. The van der Waals surface area contributed by atoms with E-state index < -0.39 is 0 Å². The zero-order valence-corrected chi connectivity index (χ0v) is 17.4. The van der Waals surface area contributed by atoms with Gasteiger partial charge in [-0.1, -0.05) is 25.5 Å². The minimum atomic E-state index is -0.128. The zero-order chi connectivity index (χ0) is 20.1. The van der Waals surface area contributed by atoms with Gasteiger partial charge in [0, 0.05) is 18.2 Å². The summed E-state index contributed by atoms with van der Waals surface area (Å²) in [6.45, 7) is 5.92. The highest BCUT2D eigenvalue weighted by Crippen LogP contribution is 2.45. The van der Waals surface area contributed by atoms with Gasteiger partial charge >= 0.3 is 0 Å². The number of allylic oxidation sites excluding steroid dienone is 1. The van der Waals surface area contributed by atoms with Crippen molar-refractivity contribution >= 4 is 5.57 Å². The molecule has 28 heavy (non-hydrogen) atoms. The Morgan fingerprint density at radius 3 is 2.54 bits per heavy atom. The molecular formula is C24H31NO3. The Balaban J connectivity index is 1.85. The summed E-state index contributed by atoms with van der Waals surface area (Å²) in [5.74, 6) is 1.84. The first-order valence-electron chi connectivity index (χ1n) is 10.1. The topological polar surface area (TPSA) is 41.9 Å². The second-order valence-electron chi connectivity index (χ2n) is 7.65. The van der Waals surface area contributed by atoms with Crippen LogP contribution in [0.3, 0.4) is 0 Å². The van der Waals surface area contributed by atoms with Gasteiger partial charge in [-0.25, -0.2) is 0 Å². The maximum absolute atomic E-state index is 9.88. The van der Waals surface area contributed by atoms with Gasteiger partial charge in [-0.2, -0.15) is 0 Å². The third kappa shape index (κ3) is 4.68. The molecular weight excluding hydrogens is 350 g/mol. The molecule has 0 aromatic heterocycles. The van der Waals surface area contributed by atoms with Crippen molar-refractivity contribution in [3.8, 4) is 17.2 Å². The molecule has 150 valence electrons. The molecule has 1 aliphatic rings. The number of fused-ring (bicyclic) bond motifs is 1. The lowest BCUT2D eigenvalue weighted by Crippen LogP contribution is -2.19. The van der Waals surface area contributed by atoms with Gasteiger partial charge in [0.15, 0.2) is 0 Å². The van der Waals surface area contributed by atoms with E-state index in [1.807, 2.05) is 32.3 Å². The van der Waals surface area contributed by atoms with Crippen LogP contribution >= 0.6 is 0 Å². The highest BCUT2D eigenvalue weighted by atomic mass is 16.5. The summed E-state index contributed by atoms with van der Waals surface area (Å²) < 4.78 is 12.2. The molecule has 4 heteroatoms. The van der Waals surface area contributed by atoms with E-state index in [-0.39, 0.29) is 11.9 Å². The zero-order valence-electron chi connectivity index (χ0n) is 17.4. The van der Waals surface area contributed by atoms with Crippen LogP contribution in [-0.2, 0) is 0 Å². The summed E-state index contributed by atoms with van der Waals surface area (Å²) in [6, 6.07) is 13.6. The molecule has 1 unspecified atom stereocenters. The number of rotatable bonds is 8. The molecule has 1 atom stereocenters. The first-order valence-corrected chi connectivity index (χ1v) is 10.1. The normalized spacial score (nSPS) is 16.1. The van der Waals surface area contributed by atoms with Crippen molar-refractivity contribution < 1.29 is 14.6 Å². The number of aromatic hydroxyl groups is 1. The van der Waals surface area contributed by atoms with E-state index in [4.69, 9.17) is 9.47 Å². The van der Waals surface area contributed by atoms with E-state index in [1.165, 1.54) is 11.1 Å². The molecule has 0 bridgehead atoms. The van der Waals surface area contributed by atoms with Crippen molar-refractivity contribution in [1.82, 2.24) is 4.90 Å². The summed E-state index contributed by atoms with van der Waals surface area (Å²) in [7, 11) is 4.07. The third-order valence-electron chi connectivity index (χ3n) is 5.20. The Hall–Kier alpha value is -2.46. The molecule has 1 heterocycles. The Bertz CT molecular complexity index is 824. The fraction of sp³-hybridized carbons (Fsp3) is 0.417. The molecule has 4 nitrogen and oxygen atoms in total. The molecule has 0 fully saturated rings. The van der Waals surface area contributed by atoms with E-state index in [2.05, 4.69) is 30.9 Å². The van der Waals surface area contributed by atoms with E-state index in [0.717, 1.165) is 48.4 Å². The molecule has 0 saturated heterocycles. The molecule has 1 N–H and O–H groups in total. The second kappa shape index (κ2) is 9.16. The number of nitrogens with zero attached hydrogens (tertiary/aromatic N) is 1. The maximum atomic E-state index is 9.88. The lowest BCUT2D eigenvalue weighted by molar-refractivity contribution is 0.230. The van der Waals surface area contributed by atoms with Crippen molar-refractivity contribution in [1.29, 1.82) is 0 Å². The average Bonchev–Trinajstić information content (AvgIpc) is 2.67. The van der Waals surface area contributed by atoms with Crippen LogP contribution in [0.5, 0.6) is 17.2 Å². The van der Waals surface area contributed by atoms with Crippen molar-refractivity contribution in [2.75, 3.05) is 27.2 Å². The van der Waals surface area contributed by atoms with Gasteiger partial charge in [-0.15, -0.1) is 0 Å². The number of phenols is 1. The largest absolute Gasteiger partial charge is 0.508 e. The number of phenolic OH excluding ortho intramolecular Hbond substituents is 1. The van der Waals surface area contributed by atoms with Crippen LogP contribution in [0.1, 0.15) is 50.3 Å². The van der Waals surface area contributed by atoms with Crippen LogP contribution in [0.15, 0.2) is 48.0 Å². The Morgan fingerprint density at radius 2 is 1.86 bits per heavy atom. The Labute approximate surface area is 168 Å². The molecule has 2 aromatic carbocycles. The van der Waals surface area contributed by atoms with Gasteiger partial charge in [-0.05, 0) is 74.8 Å². The Kier molecular flexibility index (Phi) is 6.63. The molecule has 3 rings (SSSR count). The number of ether oxygens (including phenoxy) is 2. The van der Waals surface area contributed by atoms with Crippen LogP contribution in [0.4, 0.5) is 0 Å². The van der Waals surface area contributed by atoms with Crippen molar-refractivity contribution in [3.05, 3.63) is 59.2 Å². The summed E-state index contributed by atoms with van der Waals surface area (Å²) in [5, 5.41) is 9.88. The van der Waals surface area contributed by atoms with Gasteiger partial charge in [0.1, 0.15) is 30.0 Å². The fourth-order valence-corrected chi connectivity index (χ4v) is 3.53. The van der Waals surface area contributed by atoms with Crippen LogP contribution in [0, 0.1) is 0 Å². The first kappa shape index (κ1) is 20.3. The standard InChI is InChI=1S/C24H31NO3/c1-5-6-7-22-17(2)21-13-10-19(26)16-23(21)28-24(22)18-8-11-20(12-9-18)27-15-14-25(3)4/h8-13,16,24,26H,5-7,14-15H2,1-4H3. The number of hydrogen-bond acceptors (Lipinski definition) is 4. The van der Waals surface area contributed by atoms with Gasteiger partial charge in [0.2, 0.25) is 0 Å². The van der Waals surface area contributed by atoms with E-state index in [0.29, 0.717) is 6.61 Å². The average molecular weight is 382 g/mol. The minimum absolute atomic E-state index is 0.128. The SMILES string of the molecule is CCCCC1=C(C)c2ccc(O)cc2OC1c1ccc(OCCN(C)C)cc1. The summed E-state index contributed by atoms with van der Waals surface area (Å²) in [5.41, 5.74) is 4.76. The fourth-order valence-electron chi connectivity index (χ4n) is 3.53. The first-order chi connectivity index (χ1) is 13.5. The molecule has 1 aliphatic heterocycles. The van der Waals surface area contributed by atoms with Gasteiger partial charge in [-0.3, -0.25) is 0 Å². The number of unbranched alkanes of at least 4 members (excludes halogenated alkanes) is 1. The van der Waals surface area contributed by atoms with Crippen LogP contribution in [-0.4, -0.2) is 37.3 Å². The van der Waals surface area contributed by atoms with Gasteiger partial charge in [0.25, 0.3) is 0 Å². The monoisotopic (exact) mass is 381 g/mol. The molecule has 0 saturated carbocycles. The quantitative estimate of drug-likeness (QED) is 0.662. The van der Waals surface area contributed by atoms with Crippen molar-refractivity contribution in [2.45, 2.75) is 39.2 Å². The second-order valence-corrected chi connectivity index (χ2v) is 7.65. The Morgan fingerprint density at radius 1 is 1.11 bits per heavy atom. The molecule has 2 aromatic rings. The number of hydrogen-bond donors (Lipinski definition) is 1. The van der Waals surface area contributed by atoms with E-state index in [1.54, 1.807) is 12.1 Å². The van der Waals surface area contributed by atoms with Crippen molar-refractivity contribution in [2.24, 2.45) is 0 Å². The molecule has 0 radical (unpaired) electrons. The maximum Gasteiger partial charge on any atom is 0.145 e. The van der Waals surface area contributed by atoms with Gasteiger partial charge in [0.05, 0.1) is 0 Å². The van der Waals surface area contributed by atoms with Crippen LogP contribution < -0.4 is 9.47 Å². The van der Waals surface area contributed by atoms with Gasteiger partial charge < -0.3 is 19.5 Å². The smallest absolute Gasteiger partial charge is 0.145 e. The number of likely N-dealkylation sites (N-methyl/N-ethyl adjacent to an activating group) is 1. The van der Waals surface area contributed by atoms with Crippen LogP contribution in [0.25, 0.3) is 5.57 Å². The summed E-state index contributed by atoms with van der Waals surface area (Å²) in [4.78, 5) is 2.10. The highest BCUT2D eigenvalue weighted by Gasteiger charge is 2.27. The molecule has 0 aliphatic carbocycles.